The molecule has 0 saturated carbocycles. The average molecular weight is 284 g/mol. The van der Waals surface area contributed by atoms with Gasteiger partial charge in [0.05, 0.1) is 17.7 Å². The Labute approximate surface area is 120 Å². The Hall–Kier alpha value is -0.710. The summed E-state index contributed by atoms with van der Waals surface area (Å²) < 4.78 is 6.07. The summed E-state index contributed by atoms with van der Waals surface area (Å²) in [6.45, 7) is 12.8. The second-order valence-electron chi connectivity index (χ2n) is 6.51. The van der Waals surface area contributed by atoms with Gasteiger partial charge in [0.1, 0.15) is 11.0 Å². The lowest BCUT2D eigenvalue weighted by molar-refractivity contribution is -0.182. The van der Waals surface area contributed by atoms with Gasteiger partial charge in [-0.05, 0) is 40.7 Å². The van der Waals surface area contributed by atoms with Gasteiger partial charge in [-0.25, -0.2) is 9.97 Å². The first-order chi connectivity index (χ1) is 8.65. The van der Waals surface area contributed by atoms with Crippen LogP contribution in [0.5, 0.6) is 0 Å². The van der Waals surface area contributed by atoms with E-state index in [1.165, 1.54) is 0 Å². The molecule has 4 nitrogen and oxygen atoms in total. The van der Waals surface area contributed by atoms with E-state index in [2.05, 4.69) is 42.6 Å². The Balaban J connectivity index is 2.14. The monoisotopic (exact) mass is 283 g/mol. The molecule has 1 aromatic heterocycles. The first kappa shape index (κ1) is 14.7. The zero-order valence-corrected chi connectivity index (χ0v) is 13.1. The number of aromatic nitrogens is 2. The quantitative estimate of drug-likeness (QED) is 0.783. The maximum atomic E-state index is 6.07. The largest absolute Gasteiger partial charge is 0.367 e. The highest BCUT2D eigenvalue weighted by atomic mass is 35.5. The average Bonchev–Trinajstić information content (AvgIpc) is 2.08. The topological polar surface area (TPSA) is 38.2 Å². The molecule has 1 saturated heterocycles. The molecule has 106 valence electrons. The van der Waals surface area contributed by atoms with Gasteiger partial charge in [-0.1, -0.05) is 11.6 Å². The molecule has 0 amide bonds. The van der Waals surface area contributed by atoms with Gasteiger partial charge in [0.15, 0.2) is 0 Å². The molecule has 0 unspecified atom stereocenters. The highest BCUT2D eigenvalue weighted by Gasteiger charge is 2.38. The van der Waals surface area contributed by atoms with Crippen LogP contribution >= 0.6 is 11.6 Å². The molecule has 1 aliphatic heterocycles. The minimum Gasteiger partial charge on any atom is -0.367 e. The van der Waals surface area contributed by atoms with Gasteiger partial charge in [-0.3, -0.25) is 4.90 Å². The molecule has 0 atom stereocenters. The van der Waals surface area contributed by atoms with Crippen molar-refractivity contribution in [3.8, 4) is 0 Å². The van der Waals surface area contributed by atoms with Crippen molar-refractivity contribution in [3.05, 3.63) is 22.7 Å². The summed E-state index contributed by atoms with van der Waals surface area (Å²) in [6.07, 6.45) is 0. The predicted octanol–water partition coefficient (Wildman–Crippen LogP) is 2.83. The Kier molecular flexibility index (Phi) is 3.87. The van der Waals surface area contributed by atoms with Crippen molar-refractivity contribution < 1.29 is 4.74 Å². The van der Waals surface area contributed by atoms with E-state index in [4.69, 9.17) is 16.3 Å². The molecule has 0 N–H and O–H groups in total. The number of rotatable bonds is 2. The maximum Gasteiger partial charge on any atom is 0.144 e. The second-order valence-corrected chi connectivity index (χ2v) is 6.90. The van der Waals surface area contributed by atoms with E-state index < -0.39 is 0 Å². The number of halogens is 1. The summed E-state index contributed by atoms with van der Waals surface area (Å²) in [5.74, 6) is 0.776. The molecule has 19 heavy (non-hydrogen) atoms. The molecule has 0 bridgehead atoms. The van der Waals surface area contributed by atoms with E-state index in [-0.39, 0.29) is 11.2 Å². The predicted molar refractivity (Wildman–Crippen MR) is 76.3 cm³/mol. The van der Waals surface area contributed by atoms with Gasteiger partial charge in [0.2, 0.25) is 0 Å². The lowest BCUT2D eigenvalue weighted by atomic mass is 9.99. The van der Waals surface area contributed by atoms with Crippen molar-refractivity contribution in [1.82, 2.24) is 14.9 Å². The number of ether oxygens (including phenoxy) is 1. The molecule has 2 heterocycles. The van der Waals surface area contributed by atoms with E-state index in [0.29, 0.717) is 11.7 Å². The van der Waals surface area contributed by atoms with Gasteiger partial charge in [-0.15, -0.1) is 0 Å². The van der Waals surface area contributed by atoms with E-state index in [0.717, 1.165) is 24.6 Å². The fraction of sp³-hybridized carbons (Fsp3) is 0.714. The number of aryl methyl sites for hydroxylation is 1. The molecule has 0 radical (unpaired) electrons. The Morgan fingerprint density at radius 2 is 1.79 bits per heavy atom. The molecule has 2 rings (SSSR count). The molecular formula is C14H22ClN3O. The van der Waals surface area contributed by atoms with E-state index >= 15 is 0 Å². The number of nitrogens with zero attached hydrogens (tertiary/aromatic N) is 3. The second kappa shape index (κ2) is 5.00. The third-order valence-electron chi connectivity index (χ3n) is 3.00. The molecule has 1 aromatic rings. The standard InChI is InChI=1S/C14H22ClN3O/c1-10-6-11(15)17-12(16-10)7-18-8-13(2,3)19-14(4,5)9-18/h6H,7-9H2,1-5H3. The molecule has 0 aromatic carbocycles. The summed E-state index contributed by atoms with van der Waals surface area (Å²) >= 11 is 5.99. The van der Waals surface area contributed by atoms with E-state index in [1.54, 1.807) is 6.07 Å². The summed E-state index contributed by atoms with van der Waals surface area (Å²) in [5, 5.41) is 0.509. The smallest absolute Gasteiger partial charge is 0.144 e. The number of hydrogen-bond donors (Lipinski definition) is 0. The van der Waals surface area contributed by atoms with Gasteiger partial charge in [0, 0.05) is 18.8 Å². The molecule has 0 spiro atoms. The Morgan fingerprint density at radius 3 is 2.32 bits per heavy atom. The summed E-state index contributed by atoms with van der Waals surface area (Å²) in [5.41, 5.74) is 0.590. The van der Waals surface area contributed by atoms with Crippen molar-refractivity contribution in [2.45, 2.75) is 52.4 Å². The van der Waals surface area contributed by atoms with Crippen LogP contribution < -0.4 is 0 Å². The van der Waals surface area contributed by atoms with Crippen LogP contribution in [-0.4, -0.2) is 39.2 Å². The zero-order valence-electron chi connectivity index (χ0n) is 12.3. The molecule has 1 aliphatic rings. The van der Waals surface area contributed by atoms with Crippen LogP contribution in [0.3, 0.4) is 0 Å². The van der Waals surface area contributed by atoms with Crippen LogP contribution in [0, 0.1) is 6.92 Å². The molecule has 5 heteroatoms. The third-order valence-corrected chi connectivity index (χ3v) is 3.19. The normalized spacial score (nSPS) is 22.4. The highest BCUT2D eigenvalue weighted by Crippen LogP contribution is 2.28. The van der Waals surface area contributed by atoms with Crippen LogP contribution in [0.2, 0.25) is 5.15 Å². The maximum absolute atomic E-state index is 6.07. The number of hydrogen-bond acceptors (Lipinski definition) is 4. The molecular weight excluding hydrogens is 262 g/mol. The van der Waals surface area contributed by atoms with Crippen molar-refractivity contribution in [3.63, 3.8) is 0 Å². The third kappa shape index (κ3) is 4.13. The van der Waals surface area contributed by atoms with Crippen LogP contribution in [-0.2, 0) is 11.3 Å². The number of morpholine rings is 1. The fourth-order valence-electron chi connectivity index (χ4n) is 2.92. The van der Waals surface area contributed by atoms with Crippen molar-refractivity contribution >= 4 is 11.6 Å². The minimum atomic E-state index is -0.157. The fourth-order valence-corrected chi connectivity index (χ4v) is 3.17. The summed E-state index contributed by atoms with van der Waals surface area (Å²) in [6, 6.07) is 1.78. The molecule has 1 fully saturated rings. The highest BCUT2D eigenvalue weighted by molar-refractivity contribution is 6.29. The minimum absolute atomic E-state index is 0.157. The summed E-state index contributed by atoms with van der Waals surface area (Å²) in [4.78, 5) is 11.1. The first-order valence-corrected chi connectivity index (χ1v) is 6.96. The summed E-state index contributed by atoms with van der Waals surface area (Å²) in [7, 11) is 0. The van der Waals surface area contributed by atoms with Gasteiger partial charge in [-0.2, -0.15) is 0 Å². The van der Waals surface area contributed by atoms with Crippen LogP contribution in [0.15, 0.2) is 6.07 Å². The van der Waals surface area contributed by atoms with Crippen molar-refractivity contribution in [1.29, 1.82) is 0 Å². The Bertz CT molecular complexity index is 438. The van der Waals surface area contributed by atoms with Gasteiger partial charge < -0.3 is 4.74 Å². The van der Waals surface area contributed by atoms with Crippen molar-refractivity contribution in [2.75, 3.05) is 13.1 Å². The van der Waals surface area contributed by atoms with Gasteiger partial charge >= 0.3 is 0 Å². The Morgan fingerprint density at radius 1 is 1.21 bits per heavy atom. The molecule has 0 aliphatic carbocycles. The zero-order chi connectivity index (χ0) is 14.3. The van der Waals surface area contributed by atoms with Gasteiger partial charge in [0.25, 0.3) is 0 Å². The SMILES string of the molecule is Cc1cc(Cl)nc(CN2CC(C)(C)OC(C)(C)C2)n1. The van der Waals surface area contributed by atoms with Crippen LogP contribution in [0.1, 0.15) is 39.2 Å². The van der Waals surface area contributed by atoms with E-state index in [9.17, 15) is 0 Å². The van der Waals surface area contributed by atoms with Crippen LogP contribution in [0.25, 0.3) is 0 Å². The lowest BCUT2D eigenvalue weighted by Crippen LogP contribution is -2.56. The van der Waals surface area contributed by atoms with Crippen molar-refractivity contribution in [2.24, 2.45) is 0 Å². The lowest BCUT2D eigenvalue weighted by Gasteiger charge is -2.47. The van der Waals surface area contributed by atoms with E-state index in [1.807, 2.05) is 6.92 Å². The van der Waals surface area contributed by atoms with Crippen LogP contribution in [0.4, 0.5) is 0 Å². The first-order valence-electron chi connectivity index (χ1n) is 6.58.